The molecule has 0 radical (unpaired) electrons. The first kappa shape index (κ1) is 19.3. The average molecular weight is 414 g/mol. The van der Waals surface area contributed by atoms with Crippen LogP contribution in [0.3, 0.4) is 0 Å². The number of nitrogens with zero attached hydrogens (tertiary/aromatic N) is 3. The van der Waals surface area contributed by atoms with E-state index in [1.807, 2.05) is 19.1 Å². The van der Waals surface area contributed by atoms with Crippen molar-refractivity contribution < 1.29 is 18.8 Å². The largest absolute Gasteiger partial charge is 0.497 e. The Labute approximate surface area is 173 Å². The van der Waals surface area contributed by atoms with Gasteiger partial charge in [-0.15, -0.1) is 0 Å². The van der Waals surface area contributed by atoms with Gasteiger partial charge in [0.25, 0.3) is 5.89 Å². The van der Waals surface area contributed by atoms with E-state index in [9.17, 15) is 4.79 Å². The molecule has 0 N–H and O–H groups in total. The molecule has 0 aliphatic carbocycles. The fourth-order valence-electron chi connectivity index (χ4n) is 3.38. The van der Waals surface area contributed by atoms with E-state index in [2.05, 4.69) is 10.1 Å². The van der Waals surface area contributed by atoms with Gasteiger partial charge >= 0.3 is 0 Å². The predicted octanol–water partition coefficient (Wildman–Crippen LogP) is 4.24. The third-order valence-corrected chi connectivity index (χ3v) is 5.41. The zero-order valence-corrected chi connectivity index (χ0v) is 17.1. The van der Waals surface area contributed by atoms with Crippen LogP contribution in [0, 0.1) is 6.92 Å². The van der Waals surface area contributed by atoms with Crippen LogP contribution in [0.25, 0.3) is 11.5 Å². The number of carbonyl (C=O) groups excluding carboxylic acids is 1. The van der Waals surface area contributed by atoms with Crippen molar-refractivity contribution in [3.8, 4) is 23.0 Å². The van der Waals surface area contributed by atoms with Crippen molar-refractivity contribution in [3.63, 3.8) is 0 Å². The fourth-order valence-corrected chi connectivity index (χ4v) is 3.49. The second kappa shape index (κ2) is 7.75. The predicted molar refractivity (Wildman–Crippen MR) is 109 cm³/mol. The minimum absolute atomic E-state index is 0.0196. The maximum atomic E-state index is 12.6. The molecule has 2 aromatic carbocycles. The highest BCUT2D eigenvalue weighted by molar-refractivity contribution is 6.31. The van der Waals surface area contributed by atoms with Gasteiger partial charge < -0.3 is 18.9 Å². The van der Waals surface area contributed by atoms with E-state index >= 15 is 0 Å². The molecule has 1 atom stereocenters. The summed E-state index contributed by atoms with van der Waals surface area (Å²) in [5, 5.41) is 4.79. The maximum Gasteiger partial charge on any atom is 0.258 e. The first-order chi connectivity index (χ1) is 14.0. The molecule has 4 rings (SSSR count). The second-order valence-corrected chi connectivity index (χ2v) is 7.31. The van der Waals surface area contributed by atoms with Gasteiger partial charge in [0.1, 0.15) is 11.5 Å². The first-order valence-corrected chi connectivity index (χ1v) is 9.50. The molecule has 1 aliphatic heterocycles. The van der Waals surface area contributed by atoms with E-state index in [-0.39, 0.29) is 11.8 Å². The van der Waals surface area contributed by atoms with Crippen molar-refractivity contribution in [1.29, 1.82) is 0 Å². The van der Waals surface area contributed by atoms with E-state index in [4.69, 9.17) is 25.6 Å². The molecule has 8 heteroatoms. The number of hydrogen-bond donors (Lipinski definition) is 0. The lowest BCUT2D eigenvalue weighted by atomic mass is 10.1. The summed E-state index contributed by atoms with van der Waals surface area (Å²) in [5.41, 5.74) is 2.43. The Hall–Kier alpha value is -3.06. The van der Waals surface area contributed by atoms with Gasteiger partial charge in [-0.2, -0.15) is 4.98 Å². The number of halogens is 1. The lowest BCUT2D eigenvalue weighted by Gasteiger charge is -2.17. The summed E-state index contributed by atoms with van der Waals surface area (Å²) in [6.07, 6.45) is 0.322. The van der Waals surface area contributed by atoms with E-state index in [1.165, 1.54) is 0 Å². The monoisotopic (exact) mass is 413 g/mol. The maximum absolute atomic E-state index is 12.6. The van der Waals surface area contributed by atoms with Crippen molar-refractivity contribution in [3.05, 3.63) is 52.8 Å². The highest BCUT2D eigenvalue weighted by Crippen LogP contribution is 2.34. The van der Waals surface area contributed by atoms with Crippen LogP contribution in [0.5, 0.6) is 11.5 Å². The van der Waals surface area contributed by atoms with E-state index in [0.717, 1.165) is 11.3 Å². The summed E-state index contributed by atoms with van der Waals surface area (Å²) in [7, 11) is 3.16. The van der Waals surface area contributed by atoms with Crippen LogP contribution in [0.15, 0.2) is 40.9 Å². The molecule has 1 unspecified atom stereocenters. The van der Waals surface area contributed by atoms with Crippen LogP contribution in [0.4, 0.5) is 5.69 Å². The number of hydrogen-bond acceptors (Lipinski definition) is 6. The SMILES string of the molecule is COc1cc(OC)cc(-c2nc(C3CC(=O)N(c4ccc(Cl)c(C)c4)C3)no2)c1. The van der Waals surface area contributed by atoms with Crippen molar-refractivity contribution >= 4 is 23.2 Å². The summed E-state index contributed by atoms with van der Waals surface area (Å²) in [4.78, 5) is 18.8. The minimum Gasteiger partial charge on any atom is -0.497 e. The third-order valence-electron chi connectivity index (χ3n) is 4.98. The zero-order valence-electron chi connectivity index (χ0n) is 16.3. The molecule has 3 aromatic rings. The number of aryl methyl sites for hydroxylation is 1. The minimum atomic E-state index is -0.150. The number of benzene rings is 2. The highest BCUT2D eigenvalue weighted by atomic mass is 35.5. The summed E-state index contributed by atoms with van der Waals surface area (Å²) in [6.45, 7) is 2.40. The Kier molecular flexibility index (Phi) is 5.15. The normalized spacial score (nSPS) is 16.3. The lowest BCUT2D eigenvalue weighted by molar-refractivity contribution is -0.117. The first-order valence-electron chi connectivity index (χ1n) is 9.12. The Morgan fingerprint density at radius 3 is 2.52 bits per heavy atom. The van der Waals surface area contributed by atoms with E-state index in [0.29, 0.717) is 46.8 Å². The van der Waals surface area contributed by atoms with Crippen LogP contribution in [-0.4, -0.2) is 36.8 Å². The molecule has 1 amide bonds. The van der Waals surface area contributed by atoms with Gasteiger partial charge in [0.05, 0.1) is 14.2 Å². The van der Waals surface area contributed by atoms with Crippen molar-refractivity contribution in [2.75, 3.05) is 25.7 Å². The molecule has 0 spiro atoms. The Bertz CT molecular complexity index is 1040. The quantitative estimate of drug-likeness (QED) is 0.622. The topological polar surface area (TPSA) is 77.7 Å². The molecule has 1 fully saturated rings. The summed E-state index contributed by atoms with van der Waals surface area (Å²) < 4.78 is 16.0. The van der Waals surface area contributed by atoms with E-state index < -0.39 is 0 Å². The number of carbonyl (C=O) groups is 1. The Morgan fingerprint density at radius 2 is 1.86 bits per heavy atom. The van der Waals surface area contributed by atoms with E-state index in [1.54, 1.807) is 43.4 Å². The summed E-state index contributed by atoms with van der Waals surface area (Å²) >= 11 is 6.10. The highest BCUT2D eigenvalue weighted by Gasteiger charge is 2.34. The molecule has 150 valence electrons. The average Bonchev–Trinajstić information content (AvgIpc) is 3.36. The molecule has 7 nitrogen and oxygen atoms in total. The molecule has 1 saturated heterocycles. The molecular weight excluding hydrogens is 394 g/mol. The molecule has 0 saturated carbocycles. The lowest BCUT2D eigenvalue weighted by Crippen LogP contribution is -2.24. The van der Waals surface area contributed by atoms with Gasteiger partial charge in [0.2, 0.25) is 5.91 Å². The van der Waals surface area contributed by atoms with Gasteiger partial charge in [0.15, 0.2) is 5.82 Å². The number of aromatic nitrogens is 2. The molecule has 2 heterocycles. The van der Waals surface area contributed by atoms with Crippen LogP contribution in [0.2, 0.25) is 5.02 Å². The molecule has 0 bridgehead atoms. The zero-order chi connectivity index (χ0) is 20.5. The summed E-state index contributed by atoms with van der Waals surface area (Å²) in [6, 6.07) is 10.9. The second-order valence-electron chi connectivity index (χ2n) is 6.90. The molecule has 29 heavy (non-hydrogen) atoms. The number of anilines is 1. The van der Waals surface area contributed by atoms with Gasteiger partial charge in [-0.25, -0.2) is 0 Å². The van der Waals surface area contributed by atoms with Gasteiger partial charge in [-0.3, -0.25) is 4.79 Å². The smallest absolute Gasteiger partial charge is 0.258 e. The van der Waals surface area contributed by atoms with Crippen molar-refractivity contribution in [1.82, 2.24) is 10.1 Å². The van der Waals surface area contributed by atoms with Crippen LogP contribution in [0.1, 0.15) is 23.7 Å². The van der Waals surface area contributed by atoms with Crippen LogP contribution in [-0.2, 0) is 4.79 Å². The van der Waals surface area contributed by atoms with Crippen LogP contribution < -0.4 is 14.4 Å². The number of ether oxygens (including phenoxy) is 2. The number of methoxy groups -OCH3 is 2. The summed E-state index contributed by atoms with van der Waals surface area (Å²) in [5.74, 6) is 1.97. The van der Waals surface area contributed by atoms with Gasteiger partial charge in [0, 0.05) is 41.2 Å². The van der Waals surface area contributed by atoms with Gasteiger partial charge in [-0.05, 0) is 42.8 Å². The van der Waals surface area contributed by atoms with Crippen molar-refractivity contribution in [2.24, 2.45) is 0 Å². The van der Waals surface area contributed by atoms with Gasteiger partial charge in [-0.1, -0.05) is 16.8 Å². The Balaban J connectivity index is 1.57. The Morgan fingerprint density at radius 1 is 1.14 bits per heavy atom. The number of amides is 1. The standard InChI is InChI=1S/C21H20ClN3O4/c1-12-6-15(4-5-18(12)22)25-11-14(9-19(25)26)20-23-21(29-24-20)13-7-16(27-2)10-17(8-13)28-3/h4-8,10,14H,9,11H2,1-3H3. The molecular formula is C21H20ClN3O4. The molecule has 1 aliphatic rings. The fraction of sp³-hybridized carbons (Fsp3) is 0.286. The molecule has 1 aromatic heterocycles. The van der Waals surface area contributed by atoms with Crippen LogP contribution >= 0.6 is 11.6 Å². The number of rotatable bonds is 5. The third kappa shape index (κ3) is 3.78. The van der Waals surface area contributed by atoms with Crippen molar-refractivity contribution in [2.45, 2.75) is 19.3 Å².